The second-order valence-electron chi connectivity index (χ2n) is 6.58. The van der Waals surface area contributed by atoms with Gasteiger partial charge >= 0.3 is 13.1 Å². The van der Waals surface area contributed by atoms with Crippen LogP contribution in [-0.4, -0.2) is 30.5 Å². The molecule has 0 aliphatic carbocycles. The summed E-state index contributed by atoms with van der Waals surface area (Å²) in [6, 6.07) is 5.27. The zero-order chi connectivity index (χ0) is 17.7. The third-order valence-corrected chi connectivity index (χ3v) is 4.28. The van der Waals surface area contributed by atoms with Gasteiger partial charge in [0.2, 0.25) is 0 Å². The van der Waals surface area contributed by atoms with Crippen LogP contribution in [-0.2, 0) is 16.0 Å². The number of hydrogen-bond donors (Lipinski definition) is 1. The minimum absolute atomic E-state index is 0.0709. The van der Waals surface area contributed by atoms with Gasteiger partial charge < -0.3 is 14.4 Å². The summed E-state index contributed by atoms with van der Waals surface area (Å²) >= 11 is 0. The number of esters is 1. The quantitative estimate of drug-likeness (QED) is 0.472. The normalized spacial score (nSPS) is 16.5. The van der Waals surface area contributed by atoms with E-state index >= 15 is 0 Å². The van der Waals surface area contributed by atoms with Gasteiger partial charge in [0.15, 0.2) is 0 Å². The van der Waals surface area contributed by atoms with Gasteiger partial charge in [-0.1, -0.05) is 39.3 Å². The highest BCUT2D eigenvalue weighted by molar-refractivity contribution is 6.47. The number of ether oxygens (including phenoxy) is 1. The van der Waals surface area contributed by atoms with Crippen molar-refractivity contribution in [2.24, 2.45) is 5.92 Å². The number of fused-ring (bicyclic) bond motifs is 1. The van der Waals surface area contributed by atoms with E-state index in [0.29, 0.717) is 24.3 Å². The molecule has 1 N–H and O–H groups in total. The molecule has 24 heavy (non-hydrogen) atoms. The summed E-state index contributed by atoms with van der Waals surface area (Å²) < 4.78 is 10.8. The Morgan fingerprint density at radius 3 is 2.83 bits per heavy atom. The summed E-state index contributed by atoms with van der Waals surface area (Å²) in [7, 11) is -1.09. The molecule has 0 radical (unpaired) electrons. The molecule has 1 heterocycles. The Kier molecular flexibility index (Phi) is 6.43. The van der Waals surface area contributed by atoms with Gasteiger partial charge in [0.05, 0.1) is 6.61 Å². The maximum atomic E-state index is 12.2. The van der Waals surface area contributed by atoms with Gasteiger partial charge in [0, 0.05) is 18.2 Å². The molecular weight excluding hydrogens is 307 g/mol. The van der Waals surface area contributed by atoms with E-state index in [1.807, 2.05) is 26.8 Å². The molecule has 6 heteroatoms. The van der Waals surface area contributed by atoms with Crippen molar-refractivity contribution in [3.63, 3.8) is 0 Å². The lowest BCUT2D eigenvalue weighted by molar-refractivity contribution is -0.122. The lowest BCUT2D eigenvalue weighted by atomic mass is 9.64. The first kappa shape index (κ1) is 18.5. The molecule has 130 valence electrons. The Hall–Kier alpha value is -1.82. The van der Waals surface area contributed by atoms with Crippen molar-refractivity contribution in [1.29, 1.82) is 0 Å². The maximum Gasteiger partial charge on any atom is 0.526 e. The number of Topliss-reactive ketones (excluding diaryl/α,β-unsaturated/α-hetero) is 1. The van der Waals surface area contributed by atoms with Gasteiger partial charge in [-0.15, -0.1) is 0 Å². The Labute approximate surface area is 143 Å². The number of rotatable bonds is 7. The summed E-state index contributed by atoms with van der Waals surface area (Å²) in [4.78, 5) is 24.2. The van der Waals surface area contributed by atoms with Gasteiger partial charge in [-0.25, -0.2) is 4.79 Å². The molecule has 1 aromatic rings. The van der Waals surface area contributed by atoms with Crippen molar-refractivity contribution in [2.75, 3.05) is 6.61 Å². The van der Waals surface area contributed by atoms with E-state index in [-0.39, 0.29) is 23.9 Å². The number of hydrogen-bond acceptors (Lipinski definition) is 5. The van der Waals surface area contributed by atoms with E-state index in [9.17, 15) is 14.6 Å². The van der Waals surface area contributed by atoms with Crippen LogP contribution in [0.15, 0.2) is 18.2 Å². The number of unbranched alkanes of at least 4 members (excludes halogenated alkanes) is 1. The molecule has 0 saturated carbocycles. The molecule has 2 rings (SSSR count). The first-order valence-corrected chi connectivity index (χ1v) is 8.60. The van der Waals surface area contributed by atoms with Crippen molar-refractivity contribution >= 4 is 18.9 Å². The zero-order valence-corrected chi connectivity index (χ0v) is 14.6. The van der Waals surface area contributed by atoms with E-state index < -0.39 is 13.1 Å². The maximum absolute atomic E-state index is 12.2. The van der Waals surface area contributed by atoms with Gasteiger partial charge in [-0.2, -0.15) is 0 Å². The Morgan fingerprint density at radius 2 is 2.17 bits per heavy atom. The highest BCUT2D eigenvalue weighted by atomic mass is 16.5. The van der Waals surface area contributed by atoms with Crippen molar-refractivity contribution in [1.82, 2.24) is 0 Å². The van der Waals surface area contributed by atoms with Gasteiger partial charge in [0.1, 0.15) is 17.1 Å². The molecule has 0 amide bonds. The van der Waals surface area contributed by atoms with Gasteiger partial charge in [-0.05, 0) is 24.5 Å². The summed E-state index contributed by atoms with van der Waals surface area (Å²) in [5.74, 6) is -0.331. The zero-order valence-electron chi connectivity index (χ0n) is 14.6. The monoisotopic (exact) mass is 332 g/mol. The summed E-state index contributed by atoms with van der Waals surface area (Å²) in [5.41, 5.74) is 1.16. The fourth-order valence-corrected chi connectivity index (χ4v) is 2.70. The topological polar surface area (TPSA) is 72.8 Å². The third kappa shape index (κ3) is 4.38. The molecule has 0 unspecified atom stereocenters. The van der Waals surface area contributed by atoms with Crippen LogP contribution in [0, 0.1) is 5.92 Å². The van der Waals surface area contributed by atoms with Crippen LogP contribution in [0.1, 0.15) is 56.0 Å². The molecule has 0 spiro atoms. The second-order valence-corrected chi connectivity index (χ2v) is 6.58. The summed E-state index contributed by atoms with van der Waals surface area (Å²) in [6.45, 7) is 6.08. The molecule has 1 atom stereocenters. The minimum Gasteiger partial charge on any atom is -0.535 e. The standard InChI is InChI=1S/C18H25BO5/c1-4-5-9-23-18(21)15-8-6-7-13-10-14(11-16(20)12(2)3)19(22)24-17(13)15/h6-8,12,14,22H,4-5,9-11H2,1-3H3/t14-/m1/s1. The first-order valence-electron chi connectivity index (χ1n) is 8.60. The molecule has 0 saturated heterocycles. The van der Waals surface area contributed by atoms with Gasteiger partial charge in [-0.3, -0.25) is 4.79 Å². The molecule has 5 nitrogen and oxygen atoms in total. The minimum atomic E-state index is -1.09. The predicted octanol–water partition coefficient (Wildman–Crippen LogP) is 3.04. The van der Waals surface area contributed by atoms with Crippen LogP contribution in [0.5, 0.6) is 5.75 Å². The van der Waals surface area contributed by atoms with Crippen molar-refractivity contribution in [3.8, 4) is 5.75 Å². The van der Waals surface area contributed by atoms with Crippen LogP contribution < -0.4 is 4.65 Å². The van der Waals surface area contributed by atoms with E-state index in [1.165, 1.54) is 0 Å². The molecule has 1 aliphatic rings. The Bertz CT molecular complexity index is 599. The molecule has 0 bridgehead atoms. The summed E-state index contributed by atoms with van der Waals surface area (Å²) in [5, 5.41) is 10.2. The van der Waals surface area contributed by atoms with Crippen LogP contribution in [0.3, 0.4) is 0 Å². The van der Waals surface area contributed by atoms with Crippen LogP contribution in [0.2, 0.25) is 5.82 Å². The largest absolute Gasteiger partial charge is 0.535 e. The second kappa shape index (κ2) is 8.33. The number of carbonyl (C=O) groups excluding carboxylic acids is 2. The summed E-state index contributed by atoms with van der Waals surface area (Å²) in [6.07, 6.45) is 2.53. The number of benzene rings is 1. The van der Waals surface area contributed by atoms with E-state index in [1.54, 1.807) is 12.1 Å². The third-order valence-electron chi connectivity index (χ3n) is 4.28. The predicted molar refractivity (Wildman–Crippen MR) is 92.1 cm³/mol. The Balaban J connectivity index is 2.14. The van der Waals surface area contributed by atoms with Crippen molar-refractivity contribution in [2.45, 2.75) is 52.3 Å². The average Bonchev–Trinajstić information content (AvgIpc) is 2.55. The van der Waals surface area contributed by atoms with Crippen molar-refractivity contribution in [3.05, 3.63) is 29.3 Å². The fourth-order valence-electron chi connectivity index (χ4n) is 2.70. The molecule has 1 aliphatic heterocycles. The van der Waals surface area contributed by atoms with Gasteiger partial charge in [0.25, 0.3) is 0 Å². The van der Waals surface area contributed by atoms with E-state index in [4.69, 9.17) is 9.39 Å². The highest BCUT2D eigenvalue weighted by Crippen LogP contribution is 2.36. The fraction of sp³-hybridized carbons (Fsp3) is 0.556. The molecular formula is C18H25BO5. The number of carbonyl (C=O) groups is 2. The smallest absolute Gasteiger partial charge is 0.526 e. The lowest BCUT2D eigenvalue weighted by Gasteiger charge is -2.28. The average molecular weight is 332 g/mol. The number of ketones is 1. The van der Waals surface area contributed by atoms with Crippen LogP contribution in [0.25, 0.3) is 0 Å². The van der Waals surface area contributed by atoms with E-state index in [2.05, 4.69) is 0 Å². The molecule has 1 aromatic carbocycles. The Morgan fingerprint density at radius 1 is 1.42 bits per heavy atom. The van der Waals surface area contributed by atoms with Crippen molar-refractivity contribution < 1.29 is 24.0 Å². The number of para-hydroxylation sites is 1. The lowest BCUT2D eigenvalue weighted by Crippen LogP contribution is -2.36. The highest BCUT2D eigenvalue weighted by Gasteiger charge is 2.38. The first-order chi connectivity index (χ1) is 11.4. The molecule has 0 fully saturated rings. The molecule has 0 aromatic heterocycles. The van der Waals surface area contributed by atoms with Crippen LogP contribution >= 0.6 is 0 Å². The SMILES string of the molecule is CCCCOC(=O)c1cccc2c1OB(O)[C@@H](CC(=O)C(C)C)C2. The van der Waals surface area contributed by atoms with E-state index in [0.717, 1.165) is 18.4 Å². The van der Waals surface area contributed by atoms with Crippen LogP contribution in [0.4, 0.5) is 0 Å².